The molecule has 3 nitrogen and oxygen atoms in total. The Labute approximate surface area is 432 Å². The number of benzene rings is 8. The molecule has 0 bridgehead atoms. The van der Waals surface area contributed by atoms with Crippen molar-refractivity contribution < 1.29 is 0 Å². The number of aromatic nitrogens is 2. The number of halogens is 1. The lowest BCUT2D eigenvalue weighted by Crippen LogP contribution is -2.10. The summed E-state index contributed by atoms with van der Waals surface area (Å²) in [6.07, 6.45) is 2.31. The van der Waals surface area contributed by atoms with E-state index >= 15 is 0 Å². The third-order valence-electron chi connectivity index (χ3n) is 14.2. The van der Waals surface area contributed by atoms with E-state index in [2.05, 4.69) is 290 Å². The van der Waals surface area contributed by atoms with Crippen molar-refractivity contribution in [3.8, 4) is 22.5 Å². The van der Waals surface area contributed by atoms with E-state index in [1.54, 1.807) is 0 Å². The van der Waals surface area contributed by atoms with E-state index in [1.165, 1.54) is 94.7 Å². The van der Waals surface area contributed by atoms with Gasteiger partial charge in [0.25, 0.3) is 0 Å². The van der Waals surface area contributed by atoms with E-state index in [-0.39, 0.29) is 21.7 Å². The summed E-state index contributed by atoms with van der Waals surface area (Å²) in [4.78, 5) is 0. The van der Waals surface area contributed by atoms with Crippen molar-refractivity contribution in [3.05, 3.63) is 202 Å². The molecule has 4 heteroatoms. The van der Waals surface area contributed by atoms with E-state index < -0.39 is 0 Å². The molecule has 0 amide bonds. The fourth-order valence-electron chi connectivity index (χ4n) is 9.87. The van der Waals surface area contributed by atoms with Crippen LogP contribution in [0.3, 0.4) is 0 Å². The second-order valence-corrected chi connectivity index (χ2v) is 24.7. The summed E-state index contributed by atoms with van der Waals surface area (Å²) in [5.41, 5.74) is 19.2. The van der Waals surface area contributed by atoms with Gasteiger partial charge in [-0.05, 0) is 164 Å². The topological polar surface area (TPSA) is 21.9 Å². The van der Waals surface area contributed by atoms with Crippen LogP contribution >= 0.6 is 15.9 Å². The van der Waals surface area contributed by atoms with E-state index in [1.807, 2.05) is 0 Å². The molecule has 0 spiro atoms. The van der Waals surface area contributed by atoms with Crippen molar-refractivity contribution in [1.29, 1.82) is 0 Å². The molecule has 0 aliphatic carbocycles. The van der Waals surface area contributed by atoms with Crippen LogP contribution in [0.25, 0.3) is 66.1 Å². The van der Waals surface area contributed by atoms with Gasteiger partial charge in [0.2, 0.25) is 0 Å². The molecule has 0 aliphatic rings. The van der Waals surface area contributed by atoms with Crippen molar-refractivity contribution in [3.63, 3.8) is 0 Å². The maximum atomic E-state index is 3.65. The second kappa shape index (κ2) is 19.0. The van der Waals surface area contributed by atoms with Gasteiger partial charge in [-0.1, -0.05) is 185 Å². The summed E-state index contributed by atoms with van der Waals surface area (Å²) in [7, 11) is 0. The van der Waals surface area contributed by atoms with Crippen LogP contribution in [0.4, 0.5) is 11.4 Å². The van der Waals surface area contributed by atoms with Crippen molar-refractivity contribution in [2.75, 3.05) is 5.32 Å². The van der Waals surface area contributed by atoms with Gasteiger partial charge in [0.1, 0.15) is 0 Å². The number of fused-ring (bicyclic) bond motifs is 6. The van der Waals surface area contributed by atoms with Gasteiger partial charge in [0.05, 0.1) is 22.1 Å². The molecule has 0 unspecified atom stereocenters. The Morgan fingerprint density at radius 2 is 0.746 bits per heavy atom. The van der Waals surface area contributed by atoms with Crippen LogP contribution in [0, 0.1) is 0 Å². The summed E-state index contributed by atoms with van der Waals surface area (Å²) >= 11 is 3.64. The number of hydrogen-bond donors (Lipinski definition) is 1. The largest absolute Gasteiger partial charge is 0.355 e. The Morgan fingerprint density at radius 3 is 1.11 bits per heavy atom. The van der Waals surface area contributed by atoms with Gasteiger partial charge in [0, 0.05) is 48.8 Å². The summed E-state index contributed by atoms with van der Waals surface area (Å²) in [5, 5.41) is 8.93. The predicted octanol–water partition coefficient (Wildman–Crippen LogP) is 19.9. The lowest BCUT2D eigenvalue weighted by molar-refractivity contribution is 0.590. The lowest BCUT2D eigenvalue weighted by atomic mass is 9.85. The molecule has 2 aromatic heterocycles. The second-order valence-electron chi connectivity index (χ2n) is 23.8. The molecule has 0 saturated heterocycles. The number of rotatable bonds is 7. The van der Waals surface area contributed by atoms with Gasteiger partial charge in [-0.3, -0.25) is 0 Å². The van der Waals surface area contributed by atoms with Crippen LogP contribution in [-0.2, 0) is 28.1 Å². The molecule has 10 aromatic rings. The zero-order valence-electron chi connectivity index (χ0n) is 44.4. The van der Waals surface area contributed by atoms with Gasteiger partial charge in [-0.2, -0.15) is 0 Å². The minimum atomic E-state index is 0.0855. The summed E-state index contributed by atoms with van der Waals surface area (Å²) in [5.74, 6) is 0. The molecular formula is C67H72BrN3. The lowest BCUT2D eigenvalue weighted by Gasteiger charge is -2.19. The summed E-state index contributed by atoms with van der Waals surface area (Å²) in [6.45, 7) is 29.6. The van der Waals surface area contributed by atoms with E-state index in [0.29, 0.717) is 0 Å². The first kappa shape index (κ1) is 49.6. The third-order valence-corrected chi connectivity index (χ3v) is 14.7. The van der Waals surface area contributed by atoms with Crippen molar-refractivity contribution in [2.24, 2.45) is 0 Å². The number of nitrogens with zero attached hydrogens (tertiary/aromatic N) is 2. The maximum Gasteiger partial charge on any atom is 0.0541 e. The molecule has 2 heterocycles. The zero-order chi connectivity index (χ0) is 50.6. The highest BCUT2D eigenvalue weighted by Gasteiger charge is 2.23. The highest BCUT2D eigenvalue weighted by atomic mass is 79.9. The van der Waals surface area contributed by atoms with Crippen LogP contribution < -0.4 is 5.32 Å². The zero-order valence-corrected chi connectivity index (χ0v) is 45.9. The Hall–Kier alpha value is -6.36. The van der Waals surface area contributed by atoms with Gasteiger partial charge in [-0.15, -0.1) is 0 Å². The van der Waals surface area contributed by atoms with Crippen LogP contribution in [-0.4, -0.2) is 9.13 Å². The fraction of sp³-hybridized carbons (Fsp3) is 0.284. The number of aryl methyl sites for hydroxylation is 1. The molecule has 0 atom stereocenters. The van der Waals surface area contributed by atoms with Crippen molar-refractivity contribution in [1.82, 2.24) is 9.13 Å². The molecule has 362 valence electrons. The molecule has 0 aliphatic heterocycles. The number of hydrogen-bond acceptors (Lipinski definition) is 1. The monoisotopic (exact) mass is 997 g/mol. The van der Waals surface area contributed by atoms with E-state index in [9.17, 15) is 0 Å². The molecule has 0 radical (unpaired) electrons. The summed E-state index contributed by atoms with van der Waals surface area (Å²) < 4.78 is 5.89. The third kappa shape index (κ3) is 10.4. The highest BCUT2D eigenvalue weighted by Crippen LogP contribution is 2.40. The highest BCUT2D eigenvalue weighted by molar-refractivity contribution is 9.10. The minimum Gasteiger partial charge on any atom is -0.355 e. The van der Waals surface area contributed by atoms with Crippen LogP contribution in [0.1, 0.15) is 124 Å². The smallest absolute Gasteiger partial charge is 0.0541 e. The normalized spacial score (nSPS) is 12.5. The minimum absolute atomic E-state index is 0.0855. The van der Waals surface area contributed by atoms with Crippen LogP contribution in [0.2, 0.25) is 0 Å². The van der Waals surface area contributed by atoms with Crippen molar-refractivity contribution in [2.45, 2.75) is 125 Å². The Kier molecular flexibility index (Phi) is 13.3. The Morgan fingerprint density at radius 1 is 0.380 bits per heavy atom. The quantitative estimate of drug-likeness (QED) is 0.169. The first-order valence-corrected chi connectivity index (χ1v) is 26.4. The molecule has 0 fully saturated rings. The van der Waals surface area contributed by atoms with Gasteiger partial charge in [0.15, 0.2) is 0 Å². The molecule has 10 rings (SSSR count). The molecular weight excluding hydrogens is 927 g/mol. The van der Waals surface area contributed by atoms with Crippen LogP contribution in [0.15, 0.2) is 174 Å². The number of nitrogens with one attached hydrogen (secondary N) is 1. The van der Waals surface area contributed by atoms with Crippen LogP contribution in [0.5, 0.6) is 0 Å². The molecule has 1 N–H and O–H groups in total. The Balaban J connectivity index is 0.000000192. The maximum absolute atomic E-state index is 3.65. The first-order valence-electron chi connectivity index (χ1n) is 25.6. The van der Waals surface area contributed by atoms with Gasteiger partial charge < -0.3 is 14.5 Å². The first-order chi connectivity index (χ1) is 33.6. The molecule has 0 saturated carbocycles. The summed E-state index contributed by atoms with van der Waals surface area (Å²) in [6, 6.07) is 62.9. The van der Waals surface area contributed by atoms with Crippen molar-refractivity contribution >= 4 is 70.9 Å². The Bertz CT molecular complexity index is 3390. The van der Waals surface area contributed by atoms with E-state index in [4.69, 9.17) is 0 Å². The predicted molar refractivity (Wildman–Crippen MR) is 313 cm³/mol. The SMILES string of the molecule is CC(C)(C)c1ccc2c(c1)c1cc(C(C)(C)C)ccc1n2-c1cccc(Br)c1.CCCc1ccc(-c2ccc(Nc3cccc(-n4c5ccc(C(C)(C)C)cc5c5cc(C(C)(C)C)ccc54)c3)cc2)cc1. The fourth-order valence-corrected chi connectivity index (χ4v) is 10.3. The molecule has 8 aromatic carbocycles. The standard InChI is InChI=1S/C41H44N2.C26H28BrN/c1-8-10-28-13-15-29(16-14-28)30-17-21-33(22-18-30)42-34-11-9-12-35(27-34)43-38-23-19-31(40(2,3)4)25-36(38)37-26-32(41(5,6)7)20-24-39(37)43;1-25(2,3)17-10-12-23-21(14-17)22-15-18(26(4,5)6)11-13-24(22)28(23)20-9-7-8-19(27)16-20/h9,11-27,42H,8,10H2,1-7H3;7-16H,1-6H3. The van der Waals surface area contributed by atoms with Gasteiger partial charge in [-0.25, -0.2) is 0 Å². The van der Waals surface area contributed by atoms with E-state index in [0.717, 1.165) is 28.0 Å². The van der Waals surface area contributed by atoms with Gasteiger partial charge >= 0.3 is 0 Å². The average molecular weight is 999 g/mol. The molecule has 71 heavy (non-hydrogen) atoms. The average Bonchev–Trinajstić information content (AvgIpc) is 3.83. The number of anilines is 2.